The maximum atomic E-state index is 13.3. The van der Waals surface area contributed by atoms with Crippen molar-refractivity contribution in [2.75, 3.05) is 19.6 Å². The van der Waals surface area contributed by atoms with Crippen molar-refractivity contribution in [1.82, 2.24) is 9.80 Å². The van der Waals surface area contributed by atoms with E-state index in [9.17, 15) is 9.18 Å². The molecule has 1 aliphatic heterocycles. The predicted octanol–water partition coefficient (Wildman–Crippen LogP) is 2.69. The highest BCUT2D eigenvalue weighted by molar-refractivity contribution is 5.94. The molecule has 0 aliphatic carbocycles. The number of rotatable bonds is 2. The Bertz CT molecular complexity index is 501. The molecule has 2 rings (SSSR count). The lowest BCUT2D eigenvalue weighted by Crippen LogP contribution is -2.55. The molecule has 1 aliphatic rings. The van der Waals surface area contributed by atoms with Crippen molar-refractivity contribution >= 4 is 5.91 Å². The lowest BCUT2D eigenvalue weighted by Gasteiger charge is -2.42. The van der Waals surface area contributed by atoms with E-state index in [0.29, 0.717) is 23.2 Å². The number of benzene rings is 1. The summed E-state index contributed by atoms with van der Waals surface area (Å²) < 4.78 is 13.3. The van der Waals surface area contributed by atoms with Crippen LogP contribution in [0.5, 0.6) is 0 Å². The van der Waals surface area contributed by atoms with Gasteiger partial charge in [-0.2, -0.15) is 0 Å². The van der Waals surface area contributed by atoms with Gasteiger partial charge in [0.15, 0.2) is 0 Å². The molecule has 1 saturated heterocycles. The van der Waals surface area contributed by atoms with Crippen LogP contribution >= 0.6 is 0 Å². The standard InChI is InChI=1S/C16H23FN2O/c1-11(2)19-8-7-18(10-13(19)4)16(20)14-5-6-15(17)12(3)9-14/h5-6,9,11,13H,7-8,10H2,1-4H3/t13-/m1/s1. The first kappa shape index (κ1) is 15.0. The van der Waals surface area contributed by atoms with Gasteiger partial charge in [-0.1, -0.05) is 0 Å². The topological polar surface area (TPSA) is 23.6 Å². The summed E-state index contributed by atoms with van der Waals surface area (Å²) in [6.45, 7) is 10.5. The molecule has 0 spiro atoms. The third kappa shape index (κ3) is 3.01. The SMILES string of the molecule is Cc1cc(C(=O)N2CCN(C(C)C)[C@H](C)C2)ccc1F. The van der Waals surface area contributed by atoms with E-state index in [1.54, 1.807) is 19.1 Å². The fourth-order valence-electron chi connectivity index (χ4n) is 2.88. The van der Waals surface area contributed by atoms with Crippen LogP contribution in [0.25, 0.3) is 0 Å². The molecule has 1 fully saturated rings. The molecule has 0 saturated carbocycles. The minimum Gasteiger partial charge on any atom is -0.336 e. The van der Waals surface area contributed by atoms with E-state index < -0.39 is 0 Å². The van der Waals surface area contributed by atoms with Gasteiger partial charge in [-0.3, -0.25) is 9.69 Å². The number of aryl methyl sites for hydroxylation is 1. The molecular formula is C16H23FN2O. The van der Waals surface area contributed by atoms with Gasteiger partial charge in [-0.15, -0.1) is 0 Å². The Kier molecular flexibility index (Phi) is 4.43. The van der Waals surface area contributed by atoms with E-state index >= 15 is 0 Å². The van der Waals surface area contributed by atoms with Crippen LogP contribution in [-0.2, 0) is 0 Å². The lowest BCUT2D eigenvalue weighted by atomic mass is 10.1. The van der Waals surface area contributed by atoms with E-state index in [2.05, 4.69) is 25.7 Å². The number of carbonyl (C=O) groups is 1. The molecule has 3 nitrogen and oxygen atoms in total. The van der Waals surface area contributed by atoms with Crippen molar-refractivity contribution in [1.29, 1.82) is 0 Å². The van der Waals surface area contributed by atoms with Crippen LogP contribution in [0.3, 0.4) is 0 Å². The Morgan fingerprint density at radius 2 is 2.05 bits per heavy atom. The summed E-state index contributed by atoms with van der Waals surface area (Å²) in [5, 5.41) is 0. The van der Waals surface area contributed by atoms with E-state index in [0.717, 1.165) is 19.6 Å². The van der Waals surface area contributed by atoms with E-state index in [4.69, 9.17) is 0 Å². The zero-order valence-electron chi connectivity index (χ0n) is 12.7. The monoisotopic (exact) mass is 278 g/mol. The number of nitrogens with zero attached hydrogens (tertiary/aromatic N) is 2. The zero-order chi connectivity index (χ0) is 14.9. The Balaban J connectivity index is 2.09. The first-order valence-electron chi connectivity index (χ1n) is 7.21. The highest BCUT2D eigenvalue weighted by Crippen LogP contribution is 2.17. The van der Waals surface area contributed by atoms with Gasteiger partial charge >= 0.3 is 0 Å². The molecule has 1 atom stereocenters. The van der Waals surface area contributed by atoms with Crippen molar-refractivity contribution in [3.8, 4) is 0 Å². The van der Waals surface area contributed by atoms with Crippen LogP contribution in [0.15, 0.2) is 18.2 Å². The summed E-state index contributed by atoms with van der Waals surface area (Å²) >= 11 is 0. The number of hydrogen-bond acceptors (Lipinski definition) is 2. The number of hydrogen-bond donors (Lipinski definition) is 0. The van der Waals surface area contributed by atoms with E-state index in [-0.39, 0.29) is 11.7 Å². The number of amides is 1. The zero-order valence-corrected chi connectivity index (χ0v) is 12.7. The molecule has 0 N–H and O–H groups in total. The van der Waals surface area contributed by atoms with Crippen molar-refractivity contribution in [2.24, 2.45) is 0 Å². The molecule has 4 heteroatoms. The summed E-state index contributed by atoms with van der Waals surface area (Å²) in [5.74, 6) is -0.261. The van der Waals surface area contributed by atoms with Gasteiger partial charge in [-0.25, -0.2) is 4.39 Å². The van der Waals surface area contributed by atoms with Gasteiger partial charge < -0.3 is 4.90 Å². The Morgan fingerprint density at radius 3 is 2.60 bits per heavy atom. The molecule has 0 bridgehead atoms. The molecule has 1 aromatic rings. The summed E-state index contributed by atoms with van der Waals surface area (Å²) in [6, 6.07) is 5.43. The largest absolute Gasteiger partial charge is 0.336 e. The number of piperazine rings is 1. The number of halogens is 1. The summed E-state index contributed by atoms with van der Waals surface area (Å²) in [5.41, 5.74) is 1.10. The van der Waals surface area contributed by atoms with Crippen LogP contribution in [0, 0.1) is 12.7 Å². The van der Waals surface area contributed by atoms with Gasteiger partial charge in [0.1, 0.15) is 5.82 Å². The Labute approximate surface area is 120 Å². The van der Waals surface area contributed by atoms with Crippen molar-refractivity contribution in [3.05, 3.63) is 35.1 Å². The van der Waals surface area contributed by atoms with Crippen molar-refractivity contribution < 1.29 is 9.18 Å². The second-order valence-electron chi connectivity index (χ2n) is 5.90. The van der Waals surface area contributed by atoms with Crippen LogP contribution in [-0.4, -0.2) is 47.4 Å². The average molecular weight is 278 g/mol. The summed E-state index contributed by atoms with van der Waals surface area (Å²) in [4.78, 5) is 16.7. The minimum absolute atomic E-state index is 0.00311. The molecule has 0 unspecified atom stereocenters. The molecule has 20 heavy (non-hydrogen) atoms. The first-order chi connectivity index (χ1) is 9.40. The first-order valence-corrected chi connectivity index (χ1v) is 7.21. The second-order valence-corrected chi connectivity index (χ2v) is 5.90. The Morgan fingerprint density at radius 1 is 1.35 bits per heavy atom. The minimum atomic E-state index is -0.264. The van der Waals surface area contributed by atoms with Gasteiger partial charge in [0.2, 0.25) is 0 Å². The summed E-state index contributed by atoms with van der Waals surface area (Å²) in [7, 11) is 0. The van der Waals surface area contributed by atoms with Crippen LogP contribution in [0.4, 0.5) is 4.39 Å². The van der Waals surface area contributed by atoms with Crippen LogP contribution in [0.2, 0.25) is 0 Å². The third-order valence-corrected chi connectivity index (χ3v) is 4.03. The molecule has 0 aromatic heterocycles. The van der Waals surface area contributed by atoms with Gasteiger partial charge in [0.05, 0.1) is 0 Å². The molecule has 0 radical (unpaired) electrons. The predicted molar refractivity (Wildman–Crippen MR) is 78.3 cm³/mol. The normalized spacial score (nSPS) is 20.5. The molecule has 1 amide bonds. The van der Waals surface area contributed by atoms with Gasteiger partial charge in [-0.05, 0) is 51.5 Å². The smallest absolute Gasteiger partial charge is 0.253 e. The van der Waals surface area contributed by atoms with Crippen molar-refractivity contribution in [3.63, 3.8) is 0 Å². The summed E-state index contributed by atoms with van der Waals surface area (Å²) in [6.07, 6.45) is 0. The molecule has 1 heterocycles. The van der Waals surface area contributed by atoms with E-state index in [1.165, 1.54) is 6.07 Å². The lowest BCUT2D eigenvalue weighted by molar-refractivity contribution is 0.0426. The van der Waals surface area contributed by atoms with Crippen LogP contribution < -0.4 is 0 Å². The van der Waals surface area contributed by atoms with Gasteiger partial charge in [0.25, 0.3) is 5.91 Å². The maximum absolute atomic E-state index is 13.3. The Hall–Kier alpha value is -1.42. The van der Waals surface area contributed by atoms with E-state index in [1.807, 2.05) is 4.90 Å². The quantitative estimate of drug-likeness (QED) is 0.830. The van der Waals surface area contributed by atoms with Crippen molar-refractivity contribution in [2.45, 2.75) is 39.8 Å². The number of carbonyl (C=O) groups excluding carboxylic acids is 1. The molecule has 1 aromatic carbocycles. The fraction of sp³-hybridized carbons (Fsp3) is 0.562. The molecule has 110 valence electrons. The third-order valence-electron chi connectivity index (χ3n) is 4.03. The average Bonchev–Trinajstić information content (AvgIpc) is 2.40. The highest BCUT2D eigenvalue weighted by Gasteiger charge is 2.28. The second kappa shape index (κ2) is 5.92. The van der Waals surface area contributed by atoms with Gasteiger partial charge in [0, 0.05) is 37.3 Å². The fourth-order valence-corrected chi connectivity index (χ4v) is 2.88. The maximum Gasteiger partial charge on any atom is 0.253 e. The molecular weight excluding hydrogens is 255 g/mol. The van der Waals surface area contributed by atoms with Crippen LogP contribution in [0.1, 0.15) is 36.7 Å². The highest BCUT2D eigenvalue weighted by atomic mass is 19.1.